The quantitative estimate of drug-likeness (QED) is 0.0910. The maximum atomic E-state index is 5.59. The molecular formula is C39H70Cl4N4. The summed E-state index contributed by atoms with van der Waals surface area (Å²) in [6.07, 6.45) is 15.4. The van der Waals surface area contributed by atoms with Gasteiger partial charge in [-0.05, 0) is 137 Å². The Balaban J connectivity index is 0. The summed E-state index contributed by atoms with van der Waals surface area (Å²) in [6, 6.07) is 19.2. The van der Waals surface area contributed by atoms with Gasteiger partial charge >= 0.3 is 0 Å². The minimum Gasteiger partial charge on any atom is -0.330 e. The summed E-state index contributed by atoms with van der Waals surface area (Å²) in [6.45, 7) is 15.5. The van der Waals surface area contributed by atoms with Crippen molar-refractivity contribution in [3.63, 3.8) is 0 Å². The number of aryl methyl sites for hydroxylation is 2. The fourth-order valence-electron chi connectivity index (χ4n) is 6.59. The van der Waals surface area contributed by atoms with Gasteiger partial charge in [-0.2, -0.15) is 0 Å². The van der Waals surface area contributed by atoms with Crippen LogP contribution in [0, 0.1) is 11.8 Å². The second kappa shape index (κ2) is 29.2. The molecule has 0 heterocycles. The highest BCUT2D eigenvalue weighted by molar-refractivity contribution is 5.86. The van der Waals surface area contributed by atoms with Crippen molar-refractivity contribution in [3.8, 4) is 0 Å². The summed E-state index contributed by atoms with van der Waals surface area (Å²) in [5.41, 5.74) is 11.4. The minimum absolute atomic E-state index is 0. The topological polar surface area (TPSA) is 62.1 Å². The van der Waals surface area contributed by atoms with E-state index in [9.17, 15) is 0 Å². The van der Waals surface area contributed by atoms with Gasteiger partial charge in [0.25, 0.3) is 0 Å². The van der Waals surface area contributed by atoms with E-state index in [2.05, 4.69) is 92.2 Å². The van der Waals surface area contributed by atoms with Gasteiger partial charge in [0.15, 0.2) is 0 Å². The summed E-state index contributed by atoms with van der Waals surface area (Å²) >= 11 is 0. The van der Waals surface area contributed by atoms with Crippen LogP contribution in [0.4, 0.5) is 0 Å². The average Bonchev–Trinajstić information content (AvgIpc) is 3.02. The van der Waals surface area contributed by atoms with Crippen LogP contribution in [-0.2, 0) is 12.8 Å². The molecule has 3 rings (SSSR count). The maximum Gasteiger partial charge on any atom is 0.00734 e. The molecule has 0 amide bonds. The molecule has 2 aromatic rings. The number of hydrogen-bond acceptors (Lipinski definition) is 4. The predicted molar refractivity (Wildman–Crippen MR) is 217 cm³/mol. The van der Waals surface area contributed by atoms with Gasteiger partial charge < -0.3 is 21.7 Å². The van der Waals surface area contributed by atoms with Gasteiger partial charge in [-0.15, -0.1) is 49.6 Å². The Labute approximate surface area is 314 Å². The van der Waals surface area contributed by atoms with Gasteiger partial charge in [0, 0.05) is 6.04 Å². The lowest BCUT2D eigenvalue weighted by atomic mass is 9.79. The molecule has 47 heavy (non-hydrogen) atoms. The molecule has 8 heteroatoms. The normalized spacial score (nSPS) is 15.9. The van der Waals surface area contributed by atoms with E-state index in [4.69, 9.17) is 5.73 Å². The Morgan fingerprint density at radius 1 is 0.574 bits per heavy atom. The molecule has 274 valence electrons. The first kappa shape index (κ1) is 48.6. The Bertz CT molecular complexity index is 908. The lowest BCUT2D eigenvalue weighted by Gasteiger charge is -2.28. The van der Waals surface area contributed by atoms with Crippen LogP contribution in [-0.4, -0.2) is 45.3 Å². The fourth-order valence-corrected chi connectivity index (χ4v) is 6.59. The third-order valence-corrected chi connectivity index (χ3v) is 9.80. The molecule has 2 aromatic carbocycles. The van der Waals surface area contributed by atoms with Crippen LogP contribution in [0.1, 0.15) is 126 Å². The highest BCUT2D eigenvalue weighted by Crippen LogP contribution is 2.32. The van der Waals surface area contributed by atoms with Crippen LogP contribution in [0.5, 0.6) is 0 Å². The van der Waals surface area contributed by atoms with E-state index in [1.807, 2.05) is 0 Å². The number of nitrogens with two attached hydrogens (primary N) is 1. The molecular weight excluding hydrogens is 666 g/mol. The number of halogens is 4. The molecule has 0 aliphatic heterocycles. The van der Waals surface area contributed by atoms with E-state index in [0.29, 0.717) is 17.9 Å². The van der Waals surface area contributed by atoms with E-state index in [-0.39, 0.29) is 49.6 Å². The summed E-state index contributed by atoms with van der Waals surface area (Å²) in [7, 11) is 0. The highest BCUT2D eigenvalue weighted by Gasteiger charge is 2.20. The standard InChI is InChI=1S/C39H66N4.4ClH/c1-31(2)37-17-11-33(12-18-37)15-21-39(22-16-34-13-19-38(20-14-34)32(3)4)43-28-6-27-42-30-24-36-9-7-35(8-10-36)23-29-41-26-5-25-40;;;;/h11-14,17-20,31-32,35-36,39,41-43H,5-10,15-16,21-30,40H2,1-4H3;4*1H. The van der Waals surface area contributed by atoms with Crippen LogP contribution in [0.2, 0.25) is 0 Å². The maximum absolute atomic E-state index is 5.59. The summed E-state index contributed by atoms with van der Waals surface area (Å²) in [5.74, 6) is 3.06. The first-order chi connectivity index (χ1) is 20.9. The van der Waals surface area contributed by atoms with Crippen molar-refractivity contribution in [3.05, 3.63) is 70.8 Å². The molecule has 0 radical (unpaired) electrons. The molecule has 5 N–H and O–H groups in total. The highest BCUT2D eigenvalue weighted by atomic mass is 35.5. The molecule has 1 saturated carbocycles. The predicted octanol–water partition coefficient (Wildman–Crippen LogP) is 9.65. The third-order valence-electron chi connectivity index (χ3n) is 9.80. The smallest absolute Gasteiger partial charge is 0.00734 e. The molecule has 0 saturated heterocycles. The van der Waals surface area contributed by atoms with Crippen LogP contribution in [0.25, 0.3) is 0 Å². The Hall–Kier alpha value is -0.560. The van der Waals surface area contributed by atoms with E-state index < -0.39 is 0 Å². The van der Waals surface area contributed by atoms with Gasteiger partial charge in [-0.1, -0.05) is 102 Å². The Morgan fingerprint density at radius 2 is 0.979 bits per heavy atom. The molecule has 0 atom stereocenters. The van der Waals surface area contributed by atoms with Gasteiger partial charge in [0.1, 0.15) is 0 Å². The van der Waals surface area contributed by atoms with Crippen LogP contribution in [0.15, 0.2) is 48.5 Å². The van der Waals surface area contributed by atoms with Crippen molar-refractivity contribution in [1.29, 1.82) is 0 Å². The van der Waals surface area contributed by atoms with Crippen LogP contribution < -0.4 is 21.7 Å². The third kappa shape index (κ3) is 20.6. The van der Waals surface area contributed by atoms with Crippen molar-refractivity contribution >= 4 is 49.6 Å². The zero-order chi connectivity index (χ0) is 30.7. The Kier molecular flexibility index (Phi) is 30.2. The molecule has 0 bridgehead atoms. The van der Waals surface area contributed by atoms with Crippen molar-refractivity contribution in [2.45, 2.75) is 123 Å². The van der Waals surface area contributed by atoms with Crippen LogP contribution in [0.3, 0.4) is 0 Å². The summed E-state index contributed by atoms with van der Waals surface area (Å²) < 4.78 is 0. The number of hydrogen-bond donors (Lipinski definition) is 4. The first-order valence-electron chi connectivity index (χ1n) is 18.0. The number of benzene rings is 2. The summed E-state index contributed by atoms with van der Waals surface area (Å²) in [4.78, 5) is 0. The summed E-state index contributed by atoms with van der Waals surface area (Å²) in [5, 5.41) is 11.3. The SMILES string of the molecule is CC(C)c1ccc(CCC(CCc2ccc(C(C)C)cc2)NCCCNCCC2CCC(CCNCCCN)CC2)cc1.Cl.Cl.Cl.Cl. The fraction of sp³-hybridized carbons (Fsp3) is 0.692. The lowest BCUT2D eigenvalue weighted by Crippen LogP contribution is -2.33. The number of rotatable bonds is 22. The molecule has 0 spiro atoms. The zero-order valence-electron chi connectivity index (χ0n) is 29.9. The lowest BCUT2D eigenvalue weighted by molar-refractivity contribution is 0.250. The average molecular weight is 737 g/mol. The molecule has 1 fully saturated rings. The van der Waals surface area contributed by atoms with E-state index >= 15 is 0 Å². The van der Waals surface area contributed by atoms with Crippen molar-refractivity contribution in [2.24, 2.45) is 17.6 Å². The van der Waals surface area contributed by atoms with Gasteiger partial charge in [0.05, 0.1) is 0 Å². The minimum atomic E-state index is 0. The second-order valence-corrected chi connectivity index (χ2v) is 14.0. The second-order valence-electron chi connectivity index (χ2n) is 14.0. The van der Waals surface area contributed by atoms with Crippen molar-refractivity contribution in [2.75, 3.05) is 39.3 Å². The first-order valence-corrected chi connectivity index (χ1v) is 18.0. The van der Waals surface area contributed by atoms with E-state index in [1.165, 1.54) is 93.1 Å². The van der Waals surface area contributed by atoms with Gasteiger partial charge in [0.2, 0.25) is 0 Å². The molecule has 4 nitrogen and oxygen atoms in total. The van der Waals surface area contributed by atoms with Gasteiger partial charge in [-0.3, -0.25) is 0 Å². The number of nitrogens with one attached hydrogen (secondary N) is 3. The van der Waals surface area contributed by atoms with Crippen molar-refractivity contribution in [1.82, 2.24) is 16.0 Å². The largest absolute Gasteiger partial charge is 0.330 e. The van der Waals surface area contributed by atoms with Crippen LogP contribution >= 0.6 is 49.6 Å². The zero-order valence-corrected chi connectivity index (χ0v) is 33.2. The molecule has 0 unspecified atom stereocenters. The molecule has 1 aliphatic rings. The van der Waals surface area contributed by atoms with E-state index in [1.54, 1.807) is 0 Å². The Morgan fingerprint density at radius 3 is 1.36 bits per heavy atom. The monoisotopic (exact) mass is 734 g/mol. The van der Waals surface area contributed by atoms with E-state index in [0.717, 1.165) is 57.3 Å². The van der Waals surface area contributed by atoms with Gasteiger partial charge in [-0.25, -0.2) is 0 Å². The molecule has 1 aliphatic carbocycles. The molecule has 0 aromatic heterocycles. The van der Waals surface area contributed by atoms with Crippen molar-refractivity contribution < 1.29 is 0 Å².